The average Bonchev–Trinajstić information content (AvgIpc) is 2.64. The van der Waals surface area contributed by atoms with Crippen molar-refractivity contribution in [2.45, 2.75) is 37.8 Å². The molecular weight excluding hydrogens is 241 g/mol. The van der Waals surface area contributed by atoms with Gasteiger partial charge in [-0.1, -0.05) is 6.42 Å². The Morgan fingerprint density at radius 1 is 1.38 bits per heavy atom. The third-order valence-corrected chi connectivity index (χ3v) is 3.12. The highest BCUT2D eigenvalue weighted by molar-refractivity contribution is 7.71. The first-order valence-electron chi connectivity index (χ1n) is 5.09. The summed E-state index contributed by atoms with van der Waals surface area (Å²) in [5.41, 5.74) is 0. The molecule has 2 unspecified atom stereocenters. The van der Waals surface area contributed by atoms with E-state index >= 15 is 0 Å². The highest BCUT2D eigenvalue weighted by Crippen LogP contribution is 2.43. The van der Waals surface area contributed by atoms with Gasteiger partial charge in [-0.05, 0) is 31.5 Å². The standard InChI is InChI=1S/C9H11F3N2OS/c10-9(11,12)6-3-1-2-5(4-6)7-13-14-8(16)15-7/h5-6H,1-4H2,(H,14,16). The van der Waals surface area contributed by atoms with Crippen LogP contribution in [0.3, 0.4) is 0 Å². The topological polar surface area (TPSA) is 41.8 Å². The number of halogens is 3. The molecule has 2 atom stereocenters. The Balaban J connectivity index is 2.10. The van der Waals surface area contributed by atoms with Gasteiger partial charge < -0.3 is 4.42 Å². The zero-order valence-electron chi connectivity index (χ0n) is 8.38. The molecule has 1 fully saturated rings. The van der Waals surface area contributed by atoms with Crippen molar-refractivity contribution in [1.82, 2.24) is 10.2 Å². The van der Waals surface area contributed by atoms with E-state index in [0.717, 1.165) is 0 Å². The zero-order valence-corrected chi connectivity index (χ0v) is 9.20. The highest BCUT2D eigenvalue weighted by atomic mass is 32.1. The van der Waals surface area contributed by atoms with Gasteiger partial charge in [0, 0.05) is 5.92 Å². The molecule has 7 heteroatoms. The van der Waals surface area contributed by atoms with E-state index < -0.39 is 12.1 Å². The molecular formula is C9H11F3N2OS. The maximum Gasteiger partial charge on any atom is 0.391 e. The quantitative estimate of drug-likeness (QED) is 0.777. The minimum Gasteiger partial charge on any atom is -0.414 e. The van der Waals surface area contributed by atoms with Crippen LogP contribution in [-0.2, 0) is 0 Å². The lowest BCUT2D eigenvalue weighted by atomic mass is 9.81. The van der Waals surface area contributed by atoms with Gasteiger partial charge in [-0.15, -0.1) is 5.10 Å². The third-order valence-electron chi connectivity index (χ3n) is 2.94. The highest BCUT2D eigenvalue weighted by Gasteiger charge is 2.43. The largest absolute Gasteiger partial charge is 0.414 e. The van der Waals surface area contributed by atoms with Gasteiger partial charge in [0.1, 0.15) is 0 Å². The number of alkyl halides is 3. The Morgan fingerprint density at radius 3 is 2.69 bits per heavy atom. The van der Waals surface area contributed by atoms with E-state index in [-0.39, 0.29) is 23.6 Å². The van der Waals surface area contributed by atoms with Crippen LogP contribution in [-0.4, -0.2) is 16.4 Å². The Kier molecular flexibility index (Phi) is 3.05. The first kappa shape index (κ1) is 11.6. The number of aromatic amines is 1. The molecule has 0 aromatic carbocycles. The summed E-state index contributed by atoms with van der Waals surface area (Å²) in [6, 6.07) is 0. The van der Waals surface area contributed by atoms with Crippen molar-refractivity contribution in [3.05, 3.63) is 10.7 Å². The summed E-state index contributed by atoms with van der Waals surface area (Å²) < 4.78 is 42.7. The summed E-state index contributed by atoms with van der Waals surface area (Å²) in [7, 11) is 0. The van der Waals surface area contributed by atoms with Crippen molar-refractivity contribution in [2.24, 2.45) is 5.92 Å². The average molecular weight is 252 g/mol. The smallest absolute Gasteiger partial charge is 0.391 e. The molecule has 0 radical (unpaired) electrons. The Morgan fingerprint density at radius 2 is 2.12 bits per heavy atom. The van der Waals surface area contributed by atoms with Crippen molar-refractivity contribution in [3.8, 4) is 0 Å². The number of hydrogen-bond acceptors (Lipinski definition) is 3. The summed E-state index contributed by atoms with van der Waals surface area (Å²) in [5, 5.41) is 6.23. The van der Waals surface area contributed by atoms with E-state index in [4.69, 9.17) is 16.6 Å². The maximum atomic E-state index is 12.6. The van der Waals surface area contributed by atoms with Crippen LogP contribution in [0, 0.1) is 10.8 Å². The van der Waals surface area contributed by atoms with Crippen molar-refractivity contribution < 1.29 is 17.6 Å². The van der Waals surface area contributed by atoms with Crippen LogP contribution in [0.5, 0.6) is 0 Å². The minimum absolute atomic E-state index is 0.0482. The van der Waals surface area contributed by atoms with Crippen molar-refractivity contribution >= 4 is 12.2 Å². The zero-order chi connectivity index (χ0) is 11.8. The second-order valence-electron chi connectivity index (χ2n) is 4.05. The summed E-state index contributed by atoms with van der Waals surface area (Å²) in [5.74, 6) is -1.21. The molecule has 0 saturated heterocycles. The lowest BCUT2D eigenvalue weighted by Crippen LogP contribution is -2.28. The molecule has 3 nitrogen and oxygen atoms in total. The molecule has 1 aliphatic rings. The normalized spacial score (nSPS) is 26.9. The molecule has 0 spiro atoms. The molecule has 1 N–H and O–H groups in total. The van der Waals surface area contributed by atoms with Gasteiger partial charge >= 0.3 is 6.18 Å². The summed E-state index contributed by atoms with van der Waals surface area (Å²) in [4.78, 5) is 0.115. The van der Waals surface area contributed by atoms with E-state index in [2.05, 4.69) is 10.2 Å². The number of H-pyrrole nitrogens is 1. The molecule has 1 heterocycles. The number of aromatic nitrogens is 2. The van der Waals surface area contributed by atoms with Crippen LogP contribution >= 0.6 is 12.2 Å². The fourth-order valence-corrected chi connectivity index (χ4v) is 2.26. The predicted octanol–water partition coefficient (Wildman–Crippen LogP) is 3.57. The van der Waals surface area contributed by atoms with Crippen LogP contribution in [0.15, 0.2) is 4.42 Å². The summed E-state index contributed by atoms with van der Waals surface area (Å²) >= 11 is 4.70. The molecule has 0 amide bonds. The monoisotopic (exact) mass is 252 g/mol. The van der Waals surface area contributed by atoms with Gasteiger partial charge in [0.05, 0.1) is 5.92 Å². The number of nitrogens with zero attached hydrogens (tertiary/aromatic N) is 1. The minimum atomic E-state index is -4.12. The molecule has 2 rings (SSSR count). The van der Waals surface area contributed by atoms with Crippen molar-refractivity contribution in [2.75, 3.05) is 0 Å². The Bertz CT molecular complexity index is 411. The lowest BCUT2D eigenvalue weighted by Gasteiger charge is -2.28. The van der Waals surface area contributed by atoms with Crippen molar-refractivity contribution in [3.63, 3.8) is 0 Å². The molecule has 1 aliphatic carbocycles. The fraction of sp³-hybridized carbons (Fsp3) is 0.778. The summed E-state index contributed by atoms with van der Waals surface area (Å²) in [6.45, 7) is 0. The van der Waals surface area contributed by atoms with E-state index in [0.29, 0.717) is 18.7 Å². The van der Waals surface area contributed by atoms with E-state index in [1.807, 2.05) is 0 Å². The van der Waals surface area contributed by atoms with Gasteiger partial charge in [0.2, 0.25) is 5.89 Å². The van der Waals surface area contributed by atoms with E-state index in [1.165, 1.54) is 0 Å². The molecule has 0 bridgehead atoms. The number of rotatable bonds is 1. The SMILES string of the molecule is FC(F)(F)C1CCCC(c2n[nH]c(=S)o2)C1. The molecule has 0 aliphatic heterocycles. The van der Waals surface area contributed by atoms with Crippen LogP contribution in [0.1, 0.15) is 37.5 Å². The molecule has 90 valence electrons. The fourth-order valence-electron chi connectivity index (χ4n) is 2.13. The number of hydrogen-bond donors (Lipinski definition) is 1. The van der Waals surface area contributed by atoms with Gasteiger partial charge in [0.15, 0.2) is 0 Å². The lowest BCUT2D eigenvalue weighted by molar-refractivity contribution is -0.183. The van der Waals surface area contributed by atoms with E-state index in [1.54, 1.807) is 0 Å². The maximum absolute atomic E-state index is 12.6. The number of nitrogens with one attached hydrogen (secondary N) is 1. The Hall–Kier alpha value is -0.850. The van der Waals surface area contributed by atoms with Gasteiger partial charge in [-0.2, -0.15) is 13.2 Å². The van der Waals surface area contributed by atoms with Crippen LogP contribution in [0.4, 0.5) is 13.2 Å². The molecule has 1 aromatic rings. The van der Waals surface area contributed by atoms with Gasteiger partial charge in [-0.25, -0.2) is 5.10 Å². The summed E-state index contributed by atoms with van der Waals surface area (Å²) in [6.07, 6.45) is -2.65. The van der Waals surface area contributed by atoms with Gasteiger partial charge in [-0.3, -0.25) is 0 Å². The predicted molar refractivity (Wildman–Crippen MR) is 52.4 cm³/mol. The van der Waals surface area contributed by atoms with Crippen LogP contribution in [0.2, 0.25) is 0 Å². The molecule has 1 aromatic heterocycles. The Labute approximate surface area is 95.0 Å². The first-order chi connectivity index (χ1) is 7.47. The second kappa shape index (κ2) is 4.20. The van der Waals surface area contributed by atoms with Crippen LogP contribution < -0.4 is 0 Å². The van der Waals surface area contributed by atoms with Crippen molar-refractivity contribution in [1.29, 1.82) is 0 Å². The second-order valence-corrected chi connectivity index (χ2v) is 4.42. The molecule has 1 saturated carbocycles. The van der Waals surface area contributed by atoms with Gasteiger partial charge in [0.25, 0.3) is 4.84 Å². The third kappa shape index (κ3) is 2.45. The molecule has 16 heavy (non-hydrogen) atoms. The van der Waals surface area contributed by atoms with Crippen LogP contribution in [0.25, 0.3) is 0 Å². The van der Waals surface area contributed by atoms with E-state index in [9.17, 15) is 13.2 Å². The first-order valence-corrected chi connectivity index (χ1v) is 5.50.